The van der Waals surface area contributed by atoms with Gasteiger partial charge in [-0.3, -0.25) is 4.55 Å². The zero-order valence-corrected chi connectivity index (χ0v) is 17.4. The molecule has 0 spiro atoms. The zero-order valence-electron chi connectivity index (χ0n) is 15.8. The van der Waals surface area contributed by atoms with Gasteiger partial charge in [0.15, 0.2) is 0 Å². The van der Waals surface area contributed by atoms with Crippen LogP contribution < -0.4 is 0 Å². The molecule has 0 amide bonds. The SMILES string of the molecule is CCCCCCCCCCCCCCC(CCS(=O)(=O)O)C(C)=S. The van der Waals surface area contributed by atoms with Gasteiger partial charge in [0.2, 0.25) is 0 Å². The third-order valence-corrected chi connectivity index (χ3v) is 5.79. The standard InChI is InChI=1S/C19H38O3S2/c1-3-4-5-6-7-8-9-10-11-12-13-14-15-19(18(2)23)16-17-24(20,21)22/h19H,3-17H2,1-2H3,(H,20,21,22). The Kier molecular flexibility index (Phi) is 15.3. The van der Waals surface area contributed by atoms with Crippen LogP contribution >= 0.6 is 12.2 Å². The summed E-state index contributed by atoms with van der Waals surface area (Å²) in [6, 6.07) is 0. The van der Waals surface area contributed by atoms with Gasteiger partial charge >= 0.3 is 0 Å². The number of thiocarbonyl (C=S) groups is 1. The van der Waals surface area contributed by atoms with Crippen LogP contribution in [0.4, 0.5) is 0 Å². The van der Waals surface area contributed by atoms with Crippen LogP contribution in [0.15, 0.2) is 0 Å². The number of unbranched alkanes of at least 4 members (excludes halogenated alkanes) is 11. The molecule has 0 heterocycles. The van der Waals surface area contributed by atoms with E-state index in [1.807, 2.05) is 6.92 Å². The van der Waals surface area contributed by atoms with Crippen molar-refractivity contribution < 1.29 is 13.0 Å². The molecule has 0 aromatic rings. The first-order valence-electron chi connectivity index (χ1n) is 9.82. The molecule has 0 aromatic carbocycles. The number of hydrogen-bond donors (Lipinski definition) is 1. The van der Waals surface area contributed by atoms with Crippen LogP contribution in [-0.4, -0.2) is 23.6 Å². The lowest BCUT2D eigenvalue weighted by Gasteiger charge is -2.14. The topological polar surface area (TPSA) is 54.4 Å². The fourth-order valence-corrected chi connectivity index (χ4v) is 3.89. The third-order valence-electron chi connectivity index (χ3n) is 4.71. The first-order chi connectivity index (χ1) is 11.4. The number of rotatable bonds is 17. The Bertz CT molecular complexity index is 405. The minimum Gasteiger partial charge on any atom is -0.286 e. The molecule has 0 aliphatic rings. The van der Waals surface area contributed by atoms with Gasteiger partial charge in [-0.25, -0.2) is 0 Å². The molecule has 144 valence electrons. The average molecular weight is 379 g/mol. The summed E-state index contributed by atoms with van der Waals surface area (Å²) in [4.78, 5) is 0.863. The molecular weight excluding hydrogens is 340 g/mol. The molecule has 0 aliphatic carbocycles. The molecule has 0 fully saturated rings. The molecule has 1 unspecified atom stereocenters. The Balaban J connectivity index is 3.51. The van der Waals surface area contributed by atoms with Crippen LogP contribution in [0.3, 0.4) is 0 Å². The fraction of sp³-hybridized carbons (Fsp3) is 0.947. The lowest BCUT2D eigenvalue weighted by Crippen LogP contribution is -2.15. The van der Waals surface area contributed by atoms with Crippen molar-refractivity contribution in [2.24, 2.45) is 5.92 Å². The van der Waals surface area contributed by atoms with Gasteiger partial charge in [-0.05, 0) is 30.5 Å². The predicted molar refractivity (Wildman–Crippen MR) is 108 cm³/mol. The smallest absolute Gasteiger partial charge is 0.264 e. The predicted octanol–water partition coefficient (Wildman–Crippen LogP) is 6.36. The monoisotopic (exact) mass is 378 g/mol. The van der Waals surface area contributed by atoms with E-state index in [1.165, 1.54) is 70.6 Å². The lowest BCUT2D eigenvalue weighted by molar-refractivity contribution is 0.470. The highest BCUT2D eigenvalue weighted by molar-refractivity contribution is 7.85. The highest BCUT2D eigenvalue weighted by Gasteiger charge is 2.14. The van der Waals surface area contributed by atoms with E-state index in [1.54, 1.807) is 0 Å². The summed E-state index contributed by atoms with van der Waals surface area (Å²) in [5, 5.41) is 0. The second kappa shape index (κ2) is 15.3. The van der Waals surface area contributed by atoms with Crippen molar-refractivity contribution in [2.45, 2.75) is 104 Å². The van der Waals surface area contributed by atoms with E-state index in [0.717, 1.165) is 17.7 Å². The quantitative estimate of drug-likeness (QED) is 0.182. The molecule has 0 aromatic heterocycles. The maximum Gasteiger partial charge on any atom is 0.264 e. The first kappa shape index (κ1) is 24.0. The summed E-state index contributed by atoms with van der Waals surface area (Å²) >= 11 is 5.22. The van der Waals surface area contributed by atoms with E-state index >= 15 is 0 Å². The molecular formula is C19H38O3S2. The molecule has 3 nitrogen and oxygen atoms in total. The van der Waals surface area contributed by atoms with Gasteiger partial charge in [-0.2, -0.15) is 8.42 Å². The Hall–Kier alpha value is -0.0000000000000000555. The van der Waals surface area contributed by atoms with Gasteiger partial charge in [0.1, 0.15) is 0 Å². The second-order valence-electron chi connectivity index (χ2n) is 7.06. The molecule has 1 N–H and O–H groups in total. The Morgan fingerprint density at radius 1 is 0.833 bits per heavy atom. The van der Waals surface area contributed by atoms with E-state index in [4.69, 9.17) is 16.8 Å². The van der Waals surface area contributed by atoms with Crippen molar-refractivity contribution in [3.63, 3.8) is 0 Å². The van der Waals surface area contributed by atoms with Crippen LogP contribution in [0.1, 0.15) is 104 Å². The van der Waals surface area contributed by atoms with Crippen molar-refractivity contribution >= 4 is 27.2 Å². The van der Waals surface area contributed by atoms with Gasteiger partial charge < -0.3 is 0 Å². The van der Waals surface area contributed by atoms with E-state index in [-0.39, 0.29) is 11.7 Å². The third kappa shape index (κ3) is 16.8. The summed E-state index contributed by atoms with van der Waals surface area (Å²) in [5.41, 5.74) is 0. The molecule has 0 bridgehead atoms. The van der Waals surface area contributed by atoms with Gasteiger partial charge in [0, 0.05) is 0 Å². The molecule has 24 heavy (non-hydrogen) atoms. The maximum absolute atomic E-state index is 10.8. The van der Waals surface area contributed by atoms with Crippen LogP contribution in [0.2, 0.25) is 0 Å². The van der Waals surface area contributed by atoms with Crippen LogP contribution in [-0.2, 0) is 10.1 Å². The van der Waals surface area contributed by atoms with E-state index in [0.29, 0.717) is 6.42 Å². The minimum atomic E-state index is -3.87. The average Bonchev–Trinajstić information content (AvgIpc) is 2.49. The second-order valence-corrected chi connectivity index (χ2v) is 9.28. The van der Waals surface area contributed by atoms with E-state index in [9.17, 15) is 8.42 Å². The van der Waals surface area contributed by atoms with E-state index < -0.39 is 10.1 Å². The van der Waals surface area contributed by atoms with Crippen molar-refractivity contribution in [1.82, 2.24) is 0 Å². The molecule has 0 radical (unpaired) electrons. The van der Waals surface area contributed by atoms with Gasteiger partial charge in [0.05, 0.1) is 5.75 Å². The lowest BCUT2D eigenvalue weighted by atomic mass is 9.95. The summed E-state index contributed by atoms with van der Waals surface area (Å²) in [6.45, 7) is 4.13. The van der Waals surface area contributed by atoms with Gasteiger partial charge in [0.25, 0.3) is 10.1 Å². The normalized spacial score (nSPS) is 13.1. The summed E-state index contributed by atoms with van der Waals surface area (Å²) in [5.74, 6) is -0.0331. The largest absolute Gasteiger partial charge is 0.286 e. The Morgan fingerprint density at radius 2 is 1.25 bits per heavy atom. The highest BCUT2D eigenvalue weighted by atomic mass is 32.2. The Labute approximate surface area is 155 Å². The molecule has 1 atom stereocenters. The first-order valence-corrected chi connectivity index (χ1v) is 11.8. The van der Waals surface area contributed by atoms with Crippen molar-refractivity contribution in [2.75, 3.05) is 5.75 Å². The maximum atomic E-state index is 10.8. The zero-order chi connectivity index (χ0) is 18.3. The van der Waals surface area contributed by atoms with Gasteiger partial charge in [-0.1, -0.05) is 96.2 Å². The van der Waals surface area contributed by atoms with Crippen molar-refractivity contribution in [3.8, 4) is 0 Å². The number of hydrogen-bond acceptors (Lipinski definition) is 3. The summed E-state index contributed by atoms with van der Waals surface area (Å²) in [7, 11) is -3.87. The van der Waals surface area contributed by atoms with E-state index in [2.05, 4.69) is 6.92 Å². The van der Waals surface area contributed by atoms with Crippen LogP contribution in [0.25, 0.3) is 0 Å². The highest BCUT2D eigenvalue weighted by Crippen LogP contribution is 2.18. The molecule has 0 rings (SSSR count). The van der Waals surface area contributed by atoms with Crippen molar-refractivity contribution in [1.29, 1.82) is 0 Å². The summed E-state index contributed by atoms with van der Waals surface area (Å²) in [6.07, 6.45) is 17.2. The molecule has 0 saturated heterocycles. The summed E-state index contributed by atoms with van der Waals surface area (Å²) < 4.78 is 30.5. The Morgan fingerprint density at radius 3 is 1.62 bits per heavy atom. The molecule has 0 aliphatic heterocycles. The molecule has 5 heteroatoms. The molecule has 0 saturated carbocycles. The van der Waals surface area contributed by atoms with Crippen LogP contribution in [0, 0.1) is 5.92 Å². The van der Waals surface area contributed by atoms with Gasteiger partial charge in [-0.15, -0.1) is 0 Å². The minimum absolute atomic E-state index is 0.144. The van der Waals surface area contributed by atoms with Crippen LogP contribution in [0.5, 0.6) is 0 Å². The van der Waals surface area contributed by atoms with Crippen molar-refractivity contribution in [3.05, 3.63) is 0 Å². The fourth-order valence-electron chi connectivity index (χ4n) is 3.07.